The molecule has 2 aromatic carbocycles. The minimum absolute atomic E-state index is 0.0846. The van der Waals surface area contributed by atoms with E-state index in [1.165, 1.54) is 0 Å². The summed E-state index contributed by atoms with van der Waals surface area (Å²) in [5.74, 6) is -0.0488. The molecule has 4 fully saturated rings. The van der Waals surface area contributed by atoms with E-state index >= 15 is 0 Å². The number of likely N-dealkylation sites (tertiary alicyclic amines) is 4. The maximum absolute atomic E-state index is 12.6. The average molecular weight is 954 g/mol. The highest BCUT2D eigenvalue weighted by Crippen LogP contribution is 2.45. The first-order chi connectivity index (χ1) is 25.7. The number of ether oxygens (including phenoxy) is 2. The monoisotopic (exact) mass is 950 g/mol. The lowest BCUT2D eigenvalue weighted by Crippen LogP contribution is -2.66. The van der Waals surface area contributed by atoms with E-state index in [0.717, 1.165) is 32.1 Å². The first-order valence-corrected chi connectivity index (χ1v) is 21.2. The lowest BCUT2D eigenvalue weighted by atomic mass is 9.66. The molecule has 4 saturated heterocycles. The lowest BCUT2D eigenvalue weighted by molar-refractivity contribution is -0.160. The number of halogens is 3. The molecule has 4 bridgehead atoms. The van der Waals surface area contributed by atoms with Crippen molar-refractivity contribution in [2.75, 3.05) is 65.4 Å². The molecule has 13 heteroatoms. The molecule has 0 radical (unpaired) electrons. The van der Waals surface area contributed by atoms with Crippen molar-refractivity contribution in [2.24, 2.45) is 23.7 Å². The van der Waals surface area contributed by atoms with Crippen LogP contribution in [0.25, 0.3) is 0 Å². The number of piperidine rings is 4. The Morgan fingerprint density at radius 1 is 0.673 bits per heavy atom. The molecule has 55 heavy (non-hydrogen) atoms. The number of nitrogens with zero attached hydrogens (tertiary/aromatic N) is 4. The lowest BCUT2D eigenvalue weighted by Gasteiger charge is -2.55. The van der Waals surface area contributed by atoms with Crippen LogP contribution in [0.2, 0.25) is 0 Å². The summed E-state index contributed by atoms with van der Waals surface area (Å²) in [4.78, 5) is 44.9. The van der Waals surface area contributed by atoms with Gasteiger partial charge in [-0.15, -0.1) is 13.2 Å². The molecular weight excluding hydrogens is 896 g/mol. The van der Waals surface area contributed by atoms with E-state index in [0.29, 0.717) is 58.1 Å². The zero-order valence-electron chi connectivity index (χ0n) is 33.0. The zero-order valence-corrected chi connectivity index (χ0v) is 37.7. The number of benzene rings is 2. The second-order valence-electron chi connectivity index (χ2n) is 16.7. The molecular formula is C42H57Br3N4O6. The van der Waals surface area contributed by atoms with Crippen molar-refractivity contribution in [3.8, 4) is 0 Å². The van der Waals surface area contributed by atoms with Crippen molar-refractivity contribution in [3.63, 3.8) is 0 Å². The third-order valence-electron chi connectivity index (χ3n) is 9.92. The van der Waals surface area contributed by atoms with Crippen molar-refractivity contribution in [1.82, 2.24) is 19.6 Å². The van der Waals surface area contributed by atoms with E-state index < -0.39 is 16.8 Å². The van der Waals surface area contributed by atoms with Crippen LogP contribution >= 0.6 is 47.8 Å². The van der Waals surface area contributed by atoms with Crippen molar-refractivity contribution in [2.45, 2.75) is 58.3 Å². The molecule has 302 valence electrons. The largest absolute Gasteiger partial charge is 0.444 e. The Kier molecular flexibility index (Phi) is 15.8. The van der Waals surface area contributed by atoms with Crippen LogP contribution in [0.3, 0.4) is 0 Å². The van der Waals surface area contributed by atoms with Crippen LogP contribution < -0.4 is 0 Å². The van der Waals surface area contributed by atoms with Crippen LogP contribution in [-0.4, -0.2) is 119 Å². The maximum Gasteiger partial charge on any atom is 0.410 e. The van der Waals surface area contributed by atoms with Crippen LogP contribution in [0.4, 0.5) is 9.59 Å². The summed E-state index contributed by atoms with van der Waals surface area (Å²) < 4.78 is 14.2. The highest BCUT2D eigenvalue weighted by atomic mass is 79.9. The van der Waals surface area contributed by atoms with Crippen LogP contribution in [0, 0.1) is 23.7 Å². The van der Waals surface area contributed by atoms with Gasteiger partial charge in [-0.25, -0.2) is 9.59 Å². The predicted octanol–water partition coefficient (Wildman–Crippen LogP) is 8.37. The average Bonchev–Trinajstić information content (AvgIpc) is 3.06. The van der Waals surface area contributed by atoms with Crippen molar-refractivity contribution < 1.29 is 29.0 Å². The standard InChI is InChI=1S/C21H29BrN2O3.C15H24N2O3.C6H4Br2/c1-5-10-23-11-16-13-24(19(25)27-20(2,3)4)14-17(12-23)21(16,26)15-6-8-18(22)9-7-15;1-5-6-16-7-11-9-17(10-12(8-16)13(11)18)14(19)20-15(2,3)4;7-5-1-2-6(8)4-3-5/h5-9,16-17,26H,1,10-14H2,2-4H3;5,11-12H,1,6-10H2,2-4H3;1-4H. The molecule has 0 saturated carbocycles. The second-order valence-corrected chi connectivity index (χ2v) is 19.5. The number of aliphatic hydroxyl groups is 1. The molecule has 0 aliphatic carbocycles. The van der Waals surface area contributed by atoms with E-state index in [-0.39, 0.29) is 35.9 Å². The van der Waals surface area contributed by atoms with E-state index in [1.54, 1.807) is 9.80 Å². The topological polar surface area (TPSA) is 103 Å². The summed E-state index contributed by atoms with van der Waals surface area (Å²) in [6, 6.07) is 15.9. The van der Waals surface area contributed by atoms with Gasteiger partial charge >= 0.3 is 12.2 Å². The molecule has 4 atom stereocenters. The van der Waals surface area contributed by atoms with Crippen LogP contribution in [0.15, 0.2) is 87.3 Å². The predicted molar refractivity (Wildman–Crippen MR) is 228 cm³/mol. The van der Waals surface area contributed by atoms with Gasteiger partial charge in [0.25, 0.3) is 0 Å². The number of hydrogen-bond acceptors (Lipinski definition) is 8. The zero-order chi connectivity index (χ0) is 40.7. The van der Waals surface area contributed by atoms with Gasteiger partial charge in [0.2, 0.25) is 0 Å². The van der Waals surface area contributed by atoms with Gasteiger partial charge in [0.05, 0.1) is 0 Å². The van der Waals surface area contributed by atoms with Gasteiger partial charge in [0.1, 0.15) is 22.6 Å². The van der Waals surface area contributed by atoms with Crippen molar-refractivity contribution >= 4 is 65.8 Å². The highest BCUT2D eigenvalue weighted by molar-refractivity contribution is 9.11. The van der Waals surface area contributed by atoms with Gasteiger partial charge in [-0.05, 0) is 83.5 Å². The van der Waals surface area contributed by atoms with Crippen LogP contribution in [-0.2, 0) is 19.9 Å². The Labute approximate surface area is 352 Å². The van der Waals surface area contributed by atoms with Gasteiger partial charge in [-0.2, -0.15) is 0 Å². The quantitative estimate of drug-likeness (QED) is 0.299. The molecule has 1 N–H and O–H groups in total. The molecule has 0 aromatic heterocycles. The van der Waals surface area contributed by atoms with Crippen molar-refractivity contribution in [1.29, 1.82) is 0 Å². The maximum atomic E-state index is 12.6. The number of ketones is 1. The molecule has 4 unspecified atom stereocenters. The number of amides is 2. The molecule has 2 aromatic rings. The summed E-state index contributed by atoms with van der Waals surface area (Å²) in [5.41, 5.74) is -1.05. The number of carbonyl (C=O) groups is 3. The van der Waals surface area contributed by atoms with Gasteiger partial charge < -0.3 is 24.4 Å². The fourth-order valence-corrected chi connectivity index (χ4v) is 8.45. The van der Waals surface area contributed by atoms with Gasteiger partial charge in [-0.3, -0.25) is 14.6 Å². The summed E-state index contributed by atoms with van der Waals surface area (Å²) >= 11 is 10.1. The van der Waals surface area contributed by atoms with Gasteiger partial charge in [0.15, 0.2) is 0 Å². The Bertz CT molecular complexity index is 1590. The molecule has 4 aliphatic rings. The minimum atomic E-state index is -0.948. The normalized spacial score (nSPS) is 25.4. The number of carbonyl (C=O) groups excluding carboxylic acids is 3. The van der Waals surface area contributed by atoms with E-state index in [2.05, 4.69) is 70.7 Å². The first-order valence-electron chi connectivity index (χ1n) is 18.8. The highest BCUT2D eigenvalue weighted by Gasteiger charge is 2.54. The Morgan fingerprint density at radius 2 is 1.02 bits per heavy atom. The molecule has 0 spiro atoms. The van der Waals surface area contributed by atoms with E-state index in [4.69, 9.17) is 9.47 Å². The fraction of sp³-hybridized carbons (Fsp3) is 0.548. The summed E-state index contributed by atoms with van der Waals surface area (Å²) in [6.45, 7) is 25.1. The molecule has 6 rings (SSSR count). The smallest absolute Gasteiger partial charge is 0.410 e. The molecule has 2 amide bonds. The second kappa shape index (κ2) is 19.3. The Morgan fingerprint density at radius 3 is 1.38 bits per heavy atom. The molecule has 4 heterocycles. The van der Waals surface area contributed by atoms with Gasteiger partial charge in [-0.1, -0.05) is 72.1 Å². The third kappa shape index (κ3) is 12.7. The van der Waals surface area contributed by atoms with E-state index in [1.807, 2.05) is 102 Å². The summed E-state index contributed by atoms with van der Waals surface area (Å²) in [6.07, 6.45) is 3.15. The minimum Gasteiger partial charge on any atom is -0.444 e. The third-order valence-corrected chi connectivity index (χ3v) is 11.5. The summed E-state index contributed by atoms with van der Waals surface area (Å²) in [7, 11) is 0. The number of Topliss-reactive ketones (excluding diaryl/α,β-unsaturated/α-hetero) is 1. The first kappa shape index (κ1) is 45.2. The van der Waals surface area contributed by atoms with Gasteiger partial charge in [0, 0.05) is 103 Å². The molecule has 4 aliphatic heterocycles. The molecule has 10 nitrogen and oxygen atoms in total. The number of hydrogen-bond donors (Lipinski definition) is 1. The Balaban J connectivity index is 0.000000209. The number of rotatable bonds is 5. The SMILES string of the molecule is Brc1ccc(Br)cc1.C=CCN1CC2CN(C(=O)OC(C)(C)C)CC(C1)C2(O)c1ccc(Br)cc1.C=CCN1CC2CN(C(=O)OC(C)(C)C)CC(C1)C2=O. The van der Waals surface area contributed by atoms with E-state index in [9.17, 15) is 19.5 Å². The Hall–Kier alpha value is -2.55. The summed E-state index contributed by atoms with van der Waals surface area (Å²) in [5, 5.41) is 11.8. The van der Waals surface area contributed by atoms with Crippen LogP contribution in [0.1, 0.15) is 47.1 Å². The fourth-order valence-electron chi connectivity index (χ4n) is 7.66. The number of fused-ring (bicyclic) bond motifs is 4. The van der Waals surface area contributed by atoms with Crippen LogP contribution in [0.5, 0.6) is 0 Å². The van der Waals surface area contributed by atoms with Crippen molar-refractivity contribution in [3.05, 3.63) is 92.8 Å².